The van der Waals surface area contributed by atoms with E-state index in [-0.39, 0.29) is 6.09 Å². The highest BCUT2D eigenvalue weighted by Gasteiger charge is 2.44. The summed E-state index contributed by atoms with van der Waals surface area (Å²) >= 11 is 0. The Bertz CT molecular complexity index is 1090. The number of rotatable bonds is 13. The number of unbranched alkanes of at least 4 members (excludes halogenated alkanes) is 5. The van der Waals surface area contributed by atoms with E-state index in [1.54, 1.807) is 0 Å². The SMILES string of the molecule is O=C(Nc1ccccc1)OCCCCCCCC[P+](c1ccccc1)(c1ccccc1)c1ccccc1. The molecule has 4 aromatic carbocycles. The molecule has 4 aromatic rings. The summed E-state index contributed by atoms with van der Waals surface area (Å²) in [7, 11) is -1.72. The molecule has 0 heterocycles. The van der Waals surface area contributed by atoms with Gasteiger partial charge in [0.2, 0.25) is 0 Å². The quantitative estimate of drug-likeness (QED) is 0.149. The predicted molar refractivity (Wildman–Crippen MR) is 159 cm³/mol. The number of nitrogens with one attached hydrogen (secondary N) is 1. The molecule has 0 aliphatic rings. The molecule has 0 saturated heterocycles. The monoisotopic (exact) mass is 510 g/mol. The lowest BCUT2D eigenvalue weighted by atomic mass is 10.1. The lowest BCUT2D eigenvalue weighted by Gasteiger charge is -2.27. The average molecular weight is 511 g/mol. The van der Waals surface area contributed by atoms with Crippen molar-refractivity contribution in [3.63, 3.8) is 0 Å². The van der Waals surface area contributed by atoms with Gasteiger partial charge >= 0.3 is 6.09 Å². The molecule has 3 nitrogen and oxygen atoms in total. The zero-order valence-electron chi connectivity index (χ0n) is 21.5. The molecule has 4 heteroatoms. The molecule has 1 amide bonds. The second kappa shape index (κ2) is 14.4. The van der Waals surface area contributed by atoms with E-state index in [2.05, 4.69) is 96.3 Å². The van der Waals surface area contributed by atoms with Crippen molar-refractivity contribution in [2.45, 2.75) is 38.5 Å². The number of hydrogen-bond acceptors (Lipinski definition) is 2. The Kier molecular flexibility index (Phi) is 10.3. The first-order valence-electron chi connectivity index (χ1n) is 13.3. The number of carbonyl (C=O) groups excluding carboxylic acids is 1. The molecule has 1 N–H and O–H groups in total. The molecule has 0 atom stereocenters. The van der Waals surface area contributed by atoms with E-state index in [1.165, 1.54) is 41.3 Å². The third-order valence-electron chi connectivity index (χ3n) is 6.73. The van der Waals surface area contributed by atoms with Gasteiger partial charge in [0.25, 0.3) is 0 Å². The maximum atomic E-state index is 11.9. The highest BCUT2D eigenvalue weighted by molar-refractivity contribution is 7.95. The lowest BCUT2D eigenvalue weighted by molar-refractivity contribution is 0.159. The molecule has 0 saturated carbocycles. The Morgan fingerprint density at radius 2 is 0.946 bits per heavy atom. The van der Waals surface area contributed by atoms with Crippen molar-refractivity contribution in [2.75, 3.05) is 18.1 Å². The molecule has 0 fully saturated rings. The van der Waals surface area contributed by atoms with Crippen LogP contribution in [-0.4, -0.2) is 18.9 Å². The van der Waals surface area contributed by atoms with Gasteiger partial charge in [-0.3, -0.25) is 5.32 Å². The molecule has 0 bridgehead atoms. The summed E-state index contributed by atoms with van der Waals surface area (Å²) in [5, 5.41) is 7.13. The zero-order chi connectivity index (χ0) is 25.6. The number of anilines is 1. The second-order valence-corrected chi connectivity index (χ2v) is 12.9. The van der Waals surface area contributed by atoms with E-state index in [0.29, 0.717) is 6.61 Å². The molecule has 0 aliphatic carbocycles. The number of benzene rings is 4. The van der Waals surface area contributed by atoms with Gasteiger partial charge in [-0.1, -0.05) is 92.1 Å². The van der Waals surface area contributed by atoms with Crippen molar-refractivity contribution in [1.29, 1.82) is 0 Å². The van der Waals surface area contributed by atoms with Gasteiger partial charge in [-0.05, 0) is 67.8 Å². The number of ether oxygens (including phenoxy) is 1. The summed E-state index contributed by atoms with van der Waals surface area (Å²) in [5.74, 6) is 0. The molecule has 0 aliphatic heterocycles. The van der Waals surface area contributed by atoms with Gasteiger partial charge in [0.05, 0.1) is 12.8 Å². The van der Waals surface area contributed by atoms with Crippen molar-refractivity contribution in [3.8, 4) is 0 Å². The van der Waals surface area contributed by atoms with E-state index in [0.717, 1.165) is 24.9 Å². The summed E-state index contributed by atoms with van der Waals surface area (Å²) in [4.78, 5) is 11.9. The molecule has 0 spiro atoms. The van der Waals surface area contributed by atoms with Crippen molar-refractivity contribution in [1.82, 2.24) is 0 Å². The first kappa shape index (κ1) is 26.6. The summed E-state index contributed by atoms with van der Waals surface area (Å²) in [6, 6.07) is 42.7. The minimum absolute atomic E-state index is 0.380. The van der Waals surface area contributed by atoms with Crippen molar-refractivity contribution >= 4 is 35.0 Å². The van der Waals surface area contributed by atoms with Crippen LogP contribution in [0.15, 0.2) is 121 Å². The molecule has 0 aromatic heterocycles. The van der Waals surface area contributed by atoms with Crippen LogP contribution < -0.4 is 21.2 Å². The third kappa shape index (κ3) is 7.54. The van der Waals surface area contributed by atoms with Crippen LogP contribution in [0, 0.1) is 0 Å². The standard InChI is InChI=1S/C33H36NO2P/c35-33(34-29-19-9-5-10-20-29)36-27-17-3-1-2-4-18-28-37(30-21-11-6-12-22-30,31-23-13-7-14-24-31)32-25-15-8-16-26-32/h5-16,19-26H,1-4,17-18,27-28H2/p+1. The van der Waals surface area contributed by atoms with Crippen molar-refractivity contribution in [2.24, 2.45) is 0 Å². The van der Waals surface area contributed by atoms with Gasteiger partial charge in [-0.15, -0.1) is 0 Å². The minimum atomic E-state index is -1.72. The maximum absolute atomic E-state index is 11.9. The fourth-order valence-corrected chi connectivity index (χ4v) is 9.29. The van der Waals surface area contributed by atoms with Crippen molar-refractivity contribution in [3.05, 3.63) is 121 Å². The minimum Gasteiger partial charge on any atom is -0.449 e. The van der Waals surface area contributed by atoms with Gasteiger partial charge in [0.1, 0.15) is 23.2 Å². The molecular formula is C33H37NO2P+. The first-order chi connectivity index (χ1) is 18.3. The Morgan fingerprint density at radius 3 is 1.43 bits per heavy atom. The van der Waals surface area contributed by atoms with Crippen LogP contribution in [0.1, 0.15) is 38.5 Å². The summed E-state index contributed by atoms with van der Waals surface area (Å²) in [6.07, 6.45) is 7.55. The third-order valence-corrected chi connectivity index (χ3v) is 11.3. The van der Waals surface area contributed by atoms with Gasteiger partial charge in [0, 0.05) is 5.69 Å². The molecular weight excluding hydrogens is 473 g/mol. The fraction of sp³-hybridized carbons (Fsp3) is 0.242. The number of hydrogen-bond donors (Lipinski definition) is 1. The fourth-order valence-electron chi connectivity index (χ4n) is 4.88. The summed E-state index contributed by atoms with van der Waals surface area (Å²) in [5.41, 5.74) is 0.757. The second-order valence-electron chi connectivity index (χ2n) is 9.29. The topological polar surface area (TPSA) is 38.3 Å². The normalized spacial score (nSPS) is 11.1. The van der Waals surface area contributed by atoms with Crippen LogP contribution in [0.4, 0.5) is 10.5 Å². The van der Waals surface area contributed by atoms with Crippen LogP contribution in [0.2, 0.25) is 0 Å². The highest BCUT2D eigenvalue weighted by atomic mass is 31.2. The summed E-state index contributed by atoms with van der Waals surface area (Å²) < 4.78 is 5.32. The molecule has 0 radical (unpaired) electrons. The van der Waals surface area contributed by atoms with E-state index < -0.39 is 7.26 Å². The van der Waals surface area contributed by atoms with E-state index in [1.807, 2.05) is 30.3 Å². The Morgan fingerprint density at radius 1 is 0.541 bits per heavy atom. The smallest absolute Gasteiger partial charge is 0.411 e. The average Bonchev–Trinajstić information content (AvgIpc) is 2.96. The maximum Gasteiger partial charge on any atom is 0.411 e. The Hall–Kier alpha value is -3.42. The highest BCUT2D eigenvalue weighted by Crippen LogP contribution is 2.55. The van der Waals surface area contributed by atoms with E-state index in [9.17, 15) is 4.79 Å². The number of para-hydroxylation sites is 1. The molecule has 0 unspecified atom stereocenters. The predicted octanol–water partition coefficient (Wildman–Crippen LogP) is 7.57. The molecule has 190 valence electrons. The van der Waals surface area contributed by atoms with Crippen molar-refractivity contribution < 1.29 is 9.53 Å². The van der Waals surface area contributed by atoms with E-state index >= 15 is 0 Å². The Labute approximate surface area is 222 Å². The Balaban J connectivity index is 1.28. The number of carbonyl (C=O) groups is 1. The first-order valence-corrected chi connectivity index (χ1v) is 15.3. The van der Waals surface area contributed by atoms with Gasteiger partial charge < -0.3 is 4.74 Å². The summed E-state index contributed by atoms with van der Waals surface area (Å²) in [6.45, 7) is 0.462. The molecule has 37 heavy (non-hydrogen) atoms. The van der Waals surface area contributed by atoms with Gasteiger partial charge in [-0.2, -0.15) is 0 Å². The zero-order valence-corrected chi connectivity index (χ0v) is 22.4. The van der Waals surface area contributed by atoms with Crippen LogP contribution >= 0.6 is 7.26 Å². The molecule has 4 rings (SSSR count). The van der Waals surface area contributed by atoms with Crippen LogP contribution in [0.5, 0.6) is 0 Å². The van der Waals surface area contributed by atoms with E-state index in [4.69, 9.17) is 4.74 Å². The van der Waals surface area contributed by atoms with Gasteiger partial charge in [-0.25, -0.2) is 4.79 Å². The van der Waals surface area contributed by atoms with Crippen LogP contribution in [0.3, 0.4) is 0 Å². The largest absolute Gasteiger partial charge is 0.449 e. The lowest BCUT2D eigenvalue weighted by Crippen LogP contribution is -2.33. The van der Waals surface area contributed by atoms with Crippen LogP contribution in [-0.2, 0) is 4.74 Å². The van der Waals surface area contributed by atoms with Crippen LogP contribution in [0.25, 0.3) is 0 Å². The van der Waals surface area contributed by atoms with Gasteiger partial charge in [0.15, 0.2) is 0 Å². The number of amides is 1.